The Morgan fingerprint density at radius 1 is 0.807 bits per heavy atom. The number of carbonyl (C=O) groups is 6. The molecular weight excluding hydrogens is 757 g/mol. The Kier molecular flexibility index (Phi) is 16.5. The molecule has 0 aliphatic carbocycles. The second-order valence-electron chi connectivity index (χ2n) is 13.2. The van der Waals surface area contributed by atoms with Gasteiger partial charge in [-0.1, -0.05) is 47.7 Å². The average Bonchev–Trinajstić information content (AvgIpc) is 3.73. The van der Waals surface area contributed by atoms with Gasteiger partial charge in [0.05, 0.1) is 69.4 Å². The Hall–Kier alpha value is -5.17. The Labute approximate surface area is 335 Å². The number of nitrogens with one attached hydrogen (secondary N) is 3. The van der Waals surface area contributed by atoms with Crippen LogP contribution in [0.5, 0.6) is 0 Å². The molecule has 0 spiro atoms. The lowest BCUT2D eigenvalue weighted by Gasteiger charge is -2.28. The number of anilines is 1. The van der Waals surface area contributed by atoms with Gasteiger partial charge in [-0.25, -0.2) is 4.68 Å². The van der Waals surface area contributed by atoms with Crippen LogP contribution in [-0.4, -0.2) is 133 Å². The molecule has 3 heterocycles. The van der Waals surface area contributed by atoms with E-state index in [0.717, 1.165) is 27.3 Å². The Balaban J connectivity index is 1.13. The summed E-state index contributed by atoms with van der Waals surface area (Å²) in [6.45, 7) is 5.07. The van der Waals surface area contributed by atoms with Crippen LogP contribution in [0.1, 0.15) is 38.2 Å². The van der Waals surface area contributed by atoms with Crippen molar-refractivity contribution < 1.29 is 43.0 Å². The molecule has 6 amide bonds. The maximum absolute atomic E-state index is 13.9. The number of amides is 6. The van der Waals surface area contributed by atoms with Crippen molar-refractivity contribution >= 4 is 52.9 Å². The third-order valence-electron chi connectivity index (χ3n) is 9.25. The minimum Gasteiger partial charge on any atom is -0.377 e. The average molecular weight is 807 g/mol. The number of rotatable bonds is 22. The summed E-state index contributed by atoms with van der Waals surface area (Å²) in [7, 11) is 1.54. The van der Waals surface area contributed by atoms with Crippen LogP contribution in [0, 0.1) is 0 Å². The van der Waals surface area contributed by atoms with Crippen molar-refractivity contribution in [2.75, 3.05) is 77.0 Å². The molecular formula is C39H50N8O9S. The van der Waals surface area contributed by atoms with E-state index in [1.165, 1.54) is 18.7 Å². The van der Waals surface area contributed by atoms with Gasteiger partial charge in [0.1, 0.15) is 5.69 Å². The minimum absolute atomic E-state index is 0.0140. The molecule has 2 aliphatic heterocycles. The van der Waals surface area contributed by atoms with E-state index in [2.05, 4.69) is 26.3 Å². The van der Waals surface area contributed by atoms with Crippen LogP contribution in [0.3, 0.4) is 0 Å². The summed E-state index contributed by atoms with van der Waals surface area (Å²) >= 11 is 1.27. The summed E-state index contributed by atoms with van der Waals surface area (Å²) in [5.74, 6) is -1.10. The van der Waals surface area contributed by atoms with Crippen LogP contribution in [0.25, 0.3) is 22.5 Å². The zero-order chi connectivity index (χ0) is 40.6. The second-order valence-corrected chi connectivity index (χ2v) is 14.5. The fraction of sp³-hybridized carbons (Fsp3) is 0.487. The van der Waals surface area contributed by atoms with Crippen LogP contribution in [0.4, 0.5) is 5.69 Å². The molecule has 3 aromatic rings. The predicted molar refractivity (Wildman–Crippen MR) is 212 cm³/mol. The fourth-order valence-corrected chi connectivity index (χ4v) is 7.49. The second kappa shape index (κ2) is 21.9. The lowest BCUT2D eigenvalue weighted by Crippen LogP contribution is -2.37. The summed E-state index contributed by atoms with van der Waals surface area (Å²) in [6, 6.07) is 15.3. The van der Waals surface area contributed by atoms with Gasteiger partial charge in [0.15, 0.2) is 0 Å². The van der Waals surface area contributed by atoms with Gasteiger partial charge in [-0.15, -0.1) is 16.9 Å². The topological polar surface area (TPSA) is 203 Å². The number of likely N-dealkylation sites (tertiary alicyclic amines) is 1. The standard InChI is InChI=1S/C39H50N8O9S/c1-27(48)41-15-18-54-20-22-56-23-21-55-19-17-47-38-29-8-4-3-7-28(29)26-46(31-10-6-5-9-30(31)37(38)43-44-47)35(51)11-14-42-34(50)12-16-45-36(52)25-32(39(45)53)57-24-13-33(49)40-2/h3-10,32H,11-26H2,1-2H3,(H,40,49)(H,41,48)(H,42,50). The highest BCUT2D eigenvalue weighted by Crippen LogP contribution is 2.41. The number of ether oxygens (including phenoxy) is 3. The summed E-state index contributed by atoms with van der Waals surface area (Å²) < 4.78 is 18.6. The third kappa shape index (κ3) is 12.2. The number of imide groups is 1. The number of nitrogens with zero attached hydrogens (tertiary/aromatic N) is 5. The quantitative estimate of drug-likeness (QED) is 0.0978. The van der Waals surface area contributed by atoms with E-state index in [9.17, 15) is 28.8 Å². The molecule has 306 valence electrons. The lowest BCUT2D eigenvalue weighted by molar-refractivity contribution is -0.138. The van der Waals surface area contributed by atoms with Crippen LogP contribution < -0.4 is 20.9 Å². The van der Waals surface area contributed by atoms with Crippen molar-refractivity contribution in [3.63, 3.8) is 0 Å². The maximum atomic E-state index is 13.9. The van der Waals surface area contributed by atoms with E-state index >= 15 is 0 Å². The molecule has 5 rings (SSSR count). The third-order valence-corrected chi connectivity index (χ3v) is 10.5. The number of hydrogen-bond donors (Lipinski definition) is 3. The predicted octanol–water partition coefficient (Wildman–Crippen LogP) is 1.54. The summed E-state index contributed by atoms with van der Waals surface area (Å²) in [6.07, 6.45) is 0.213. The van der Waals surface area contributed by atoms with Gasteiger partial charge in [-0.3, -0.25) is 33.7 Å². The number of carbonyl (C=O) groups excluding carboxylic acids is 6. The maximum Gasteiger partial charge on any atom is 0.242 e. The zero-order valence-corrected chi connectivity index (χ0v) is 33.1. The first-order valence-corrected chi connectivity index (χ1v) is 20.0. The summed E-state index contributed by atoms with van der Waals surface area (Å²) in [5, 5.41) is 16.5. The molecule has 2 aromatic carbocycles. The molecule has 3 N–H and O–H groups in total. The Bertz CT molecular complexity index is 1890. The van der Waals surface area contributed by atoms with Gasteiger partial charge < -0.3 is 35.1 Å². The van der Waals surface area contributed by atoms with E-state index < -0.39 is 5.25 Å². The molecule has 57 heavy (non-hydrogen) atoms. The largest absolute Gasteiger partial charge is 0.377 e. The molecule has 2 aliphatic rings. The van der Waals surface area contributed by atoms with Crippen molar-refractivity contribution in [3.05, 3.63) is 54.1 Å². The van der Waals surface area contributed by atoms with Gasteiger partial charge in [0.25, 0.3) is 0 Å². The molecule has 1 fully saturated rings. The van der Waals surface area contributed by atoms with Gasteiger partial charge in [-0.05, 0) is 11.6 Å². The Morgan fingerprint density at radius 3 is 2.26 bits per heavy atom. The van der Waals surface area contributed by atoms with Gasteiger partial charge in [0.2, 0.25) is 35.4 Å². The first-order chi connectivity index (χ1) is 27.7. The minimum atomic E-state index is -0.564. The van der Waals surface area contributed by atoms with E-state index in [1.807, 2.05) is 53.2 Å². The number of para-hydroxylation sites is 1. The SMILES string of the molecule is CNC(=O)CCSC1CC(=O)N(CCC(=O)NCCC(=O)N2Cc3ccccc3-c3c(nnn3CCOCCOCCOCCNC(C)=O)-c3ccccc32)C1=O. The summed E-state index contributed by atoms with van der Waals surface area (Å²) in [5.41, 5.74) is 4.63. The van der Waals surface area contributed by atoms with Crippen molar-refractivity contribution in [3.8, 4) is 22.5 Å². The lowest BCUT2D eigenvalue weighted by atomic mass is 9.95. The molecule has 1 saturated heterocycles. The number of thioether (sulfide) groups is 1. The first kappa shape index (κ1) is 43.0. The van der Waals surface area contributed by atoms with E-state index in [-0.39, 0.29) is 80.8 Å². The van der Waals surface area contributed by atoms with Crippen LogP contribution in [0.2, 0.25) is 0 Å². The van der Waals surface area contributed by atoms with Crippen LogP contribution in [-0.2, 0) is 56.1 Å². The summed E-state index contributed by atoms with van der Waals surface area (Å²) in [4.78, 5) is 77.1. The highest BCUT2D eigenvalue weighted by atomic mass is 32.2. The molecule has 1 atom stereocenters. The first-order valence-electron chi connectivity index (χ1n) is 19.0. The fourth-order valence-electron chi connectivity index (χ4n) is 6.37. The number of benzene rings is 2. The number of aromatic nitrogens is 3. The van der Waals surface area contributed by atoms with E-state index in [4.69, 9.17) is 14.2 Å². The molecule has 0 saturated carbocycles. The van der Waals surface area contributed by atoms with E-state index in [1.54, 1.807) is 11.9 Å². The van der Waals surface area contributed by atoms with E-state index in [0.29, 0.717) is 69.9 Å². The van der Waals surface area contributed by atoms with Gasteiger partial charge in [0, 0.05) is 76.2 Å². The van der Waals surface area contributed by atoms with Crippen molar-refractivity contribution in [1.29, 1.82) is 0 Å². The zero-order valence-electron chi connectivity index (χ0n) is 32.3. The molecule has 17 nitrogen and oxygen atoms in total. The van der Waals surface area contributed by atoms with Crippen molar-refractivity contribution in [1.82, 2.24) is 35.8 Å². The number of fused-ring (bicyclic) bond motifs is 5. The van der Waals surface area contributed by atoms with Gasteiger partial charge >= 0.3 is 0 Å². The monoisotopic (exact) mass is 806 g/mol. The molecule has 0 bridgehead atoms. The molecule has 1 aromatic heterocycles. The van der Waals surface area contributed by atoms with Crippen molar-refractivity contribution in [2.45, 2.75) is 50.9 Å². The molecule has 1 unspecified atom stereocenters. The van der Waals surface area contributed by atoms with Gasteiger partial charge in [-0.2, -0.15) is 0 Å². The molecule has 0 radical (unpaired) electrons. The van der Waals surface area contributed by atoms with Crippen LogP contribution >= 0.6 is 11.8 Å². The smallest absolute Gasteiger partial charge is 0.242 e. The highest BCUT2D eigenvalue weighted by Gasteiger charge is 2.38. The van der Waals surface area contributed by atoms with Crippen molar-refractivity contribution in [2.24, 2.45) is 0 Å². The molecule has 18 heteroatoms. The Morgan fingerprint density at radius 2 is 1.51 bits per heavy atom. The number of hydrogen-bond acceptors (Lipinski definition) is 12. The highest BCUT2D eigenvalue weighted by molar-refractivity contribution is 8.00. The normalized spacial score (nSPS) is 14.7. The van der Waals surface area contributed by atoms with Crippen LogP contribution in [0.15, 0.2) is 48.5 Å².